The van der Waals surface area contributed by atoms with Gasteiger partial charge in [0.25, 0.3) is 0 Å². The van der Waals surface area contributed by atoms with Crippen molar-refractivity contribution in [1.82, 2.24) is 4.90 Å². The summed E-state index contributed by atoms with van der Waals surface area (Å²) in [4.78, 5) is 14.6. The predicted molar refractivity (Wildman–Crippen MR) is 75.7 cm³/mol. The third-order valence-corrected chi connectivity index (χ3v) is 4.62. The lowest BCUT2D eigenvalue weighted by atomic mass is 9.81. The molecule has 110 valence electrons. The lowest BCUT2D eigenvalue weighted by Crippen LogP contribution is -2.46. The molecule has 1 saturated heterocycles. The van der Waals surface area contributed by atoms with Crippen LogP contribution in [-0.4, -0.2) is 43.2 Å². The molecule has 1 saturated carbocycles. The van der Waals surface area contributed by atoms with Gasteiger partial charge in [-0.25, -0.2) is 0 Å². The van der Waals surface area contributed by atoms with Gasteiger partial charge in [-0.2, -0.15) is 0 Å². The average molecular weight is 268 g/mol. The van der Waals surface area contributed by atoms with Crippen LogP contribution in [0.5, 0.6) is 0 Å². The average Bonchev–Trinajstić information content (AvgIpc) is 2.47. The molecule has 1 unspecified atom stereocenters. The van der Waals surface area contributed by atoms with Gasteiger partial charge in [-0.15, -0.1) is 0 Å². The molecule has 0 bridgehead atoms. The Balaban J connectivity index is 1.82. The Morgan fingerprint density at radius 2 is 2.00 bits per heavy atom. The fourth-order valence-corrected chi connectivity index (χ4v) is 3.41. The van der Waals surface area contributed by atoms with Gasteiger partial charge in [0, 0.05) is 25.6 Å². The number of nitrogens with two attached hydrogens (primary N) is 1. The van der Waals surface area contributed by atoms with E-state index in [0.29, 0.717) is 11.8 Å². The zero-order chi connectivity index (χ0) is 13.7. The van der Waals surface area contributed by atoms with Crippen molar-refractivity contribution in [2.45, 2.75) is 51.6 Å². The van der Waals surface area contributed by atoms with E-state index < -0.39 is 0 Å². The van der Waals surface area contributed by atoms with Crippen LogP contribution in [0.1, 0.15) is 45.4 Å². The SMILES string of the molecule is CCOC1CCCN(C(=O)C2CCC(CN)CC2)C1. The van der Waals surface area contributed by atoms with Crippen molar-refractivity contribution < 1.29 is 9.53 Å². The molecule has 1 heterocycles. The van der Waals surface area contributed by atoms with Crippen LogP contribution < -0.4 is 5.73 Å². The summed E-state index contributed by atoms with van der Waals surface area (Å²) in [5, 5.41) is 0. The number of piperidine rings is 1. The summed E-state index contributed by atoms with van der Waals surface area (Å²) in [7, 11) is 0. The number of carbonyl (C=O) groups is 1. The Morgan fingerprint density at radius 3 is 2.63 bits per heavy atom. The fraction of sp³-hybridized carbons (Fsp3) is 0.933. The molecular weight excluding hydrogens is 240 g/mol. The molecule has 1 aliphatic carbocycles. The maximum Gasteiger partial charge on any atom is 0.225 e. The van der Waals surface area contributed by atoms with Crippen LogP contribution in [0.15, 0.2) is 0 Å². The second kappa shape index (κ2) is 7.25. The summed E-state index contributed by atoms with van der Waals surface area (Å²) < 4.78 is 5.67. The van der Waals surface area contributed by atoms with Crippen molar-refractivity contribution in [3.05, 3.63) is 0 Å². The van der Waals surface area contributed by atoms with Crippen LogP contribution in [0.3, 0.4) is 0 Å². The molecule has 4 heteroatoms. The largest absolute Gasteiger partial charge is 0.377 e. The molecule has 0 aromatic heterocycles. The molecule has 0 aromatic rings. The van der Waals surface area contributed by atoms with Gasteiger partial charge >= 0.3 is 0 Å². The van der Waals surface area contributed by atoms with Crippen molar-refractivity contribution in [2.24, 2.45) is 17.6 Å². The molecule has 1 atom stereocenters. The Bertz CT molecular complexity index is 286. The first-order chi connectivity index (χ1) is 9.24. The van der Waals surface area contributed by atoms with Gasteiger partial charge in [-0.05, 0) is 57.9 Å². The third kappa shape index (κ3) is 3.93. The molecule has 2 N–H and O–H groups in total. The molecule has 4 nitrogen and oxygen atoms in total. The lowest BCUT2D eigenvalue weighted by Gasteiger charge is -2.36. The zero-order valence-corrected chi connectivity index (χ0v) is 12.1. The minimum atomic E-state index is 0.239. The topological polar surface area (TPSA) is 55.6 Å². The number of likely N-dealkylation sites (tertiary alicyclic amines) is 1. The first-order valence-corrected chi connectivity index (χ1v) is 7.85. The number of amides is 1. The number of ether oxygens (including phenoxy) is 1. The number of hydrogen-bond acceptors (Lipinski definition) is 3. The van der Waals surface area contributed by atoms with E-state index in [0.717, 1.165) is 64.8 Å². The maximum atomic E-state index is 12.5. The quantitative estimate of drug-likeness (QED) is 0.845. The molecule has 1 amide bonds. The summed E-state index contributed by atoms with van der Waals surface area (Å²) in [6, 6.07) is 0. The molecule has 0 aromatic carbocycles. The van der Waals surface area contributed by atoms with Gasteiger partial charge in [-0.3, -0.25) is 4.79 Å². The number of rotatable bonds is 4. The van der Waals surface area contributed by atoms with Crippen molar-refractivity contribution in [1.29, 1.82) is 0 Å². The molecular formula is C15H28N2O2. The first kappa shape index (κ1) is 14.8. The van der Waals surface area contributed by atoms with E-state index in [4.69, 9.17) is 10.5 Å². The van der Waals surface area contributed by atoms with Crippen LogP contribution in [0.25, 0.3) is 0 Å². The molecule has 0 spiro atoms. The van der Waals surface area contributed by atoms with Crippen LogP contribution in [0.4, 0.5) is 0 Å². The van der Waals surface area contributed by atoms with Crippen LogP contribution in [0, 0.1) is 11.8 Å². The Labute approximate surface area is 116 Å². The highest BCUT2D eigenvalue weighted by Gasteiger charge is 2.31. The van der Waals surface area contributed by atoms with Gasteiger partial charge in [-0.1, -0.05) is 0 Å². The highest BCUT2D eigenvalue weighted by molar-refractivity contribution is 5.79. The Morgan fingerprint density at radius 1 is 1.26 bits per heavy atom. The highest BCUT2D eigenvalue weighted by Crippen LogP contribution is 2.30. The molecule has 2 fully saturated rings. The van der Waals surface area contributed by atoms with Crippen molar-refractivity contribution in [2.75, 3.05) is 26.2 Å². The van der Waals surface area contributed by atoms with E-state index in [1.165, 1.54) is 0 Å². The second-order valence-corrected chi connectivity index (χ2v) is 5.96. The summed E-state index contributed by atoms with van der Waals surface area (Å²) >= 11 is 0. The maximum absolute atomic E-state index is 12.5. The summed E-state index contributed by atoms with van der Waals surface area (Å²) in [6.07, 6.45) is 6.72. The molecule has 2 rings (SSSR count). The van der Waals surface area contributed by atoms with E-state index in [2.05, 4.69) is 0 Å². The van der Waals surface area contributed by atoms with E-state index in [9.17, 15) is 4.79 Å². The normalized spacial score (nSPS) is 32.3. The van der Waals surface area contributed by atoms with Gasteiger partial charge in [0.05, 0.1) is 6.10 Å². The van der Waals surface area contributed by atoms with E-state index in [1.54, 1.807) is 0 Å². The third-order valence-electron chi connectivity index (χ3n) is 4.62. The minimum absolute atomic E-state index is 0.239. The van der Waals surface area contributed by atoms with Crippen molar-refractivity contribution in [3.8, 4) is 0 Å². The summed E-state index contributed by atoms with van der Waals surface area (Å²) in [5.41, 5.74) is 5.71. The van der Waals surface area contributed by atoms with Crippen molar-refractivity contribution >= 4 is 5.91 Å². The van der Waals surface area contributed by atoms with Crippen LogP contribution in [-0.2, 0) is 9.53 Å². The monoisotopic (exact) mass is 268 g/mol. The highest BCUT2D eigenvalue weighted by atomic mass is 16.5. The van der Waals surface area contributed by atoms with E-state index >= 15 is 0 Å². The van der Waals surface area contributed by atoms with E-state index in [1.807, 2.05) is 11.8 Å². The first-order valence-electron chi connectivity index (χ1n) is 7.85. The van der Waals surface area contributed by atoms with Gasteiger partial charge in [0.15, 0.2) is 0 Å². The molecule has 2 aliphatic rings. The summed E-state index contributed by atoms with van der Waals surface area (Å²) in [6.45, 7) is 5.25. The van der Waals surface area contributed by atoms with Crippen LogP contribution >= 0.6 is 0 Å². The van der Waals surface area contributed by atoms with Crippen molar-refractivity contribution in [3.63, 3.8) is 0 Å². The van der Waals surface area contributed by atoms with Gasteiger partial charge < -0.3 is 15.4 Å². The minimum Gasteiger partial charge on any atom is -0.377 e. The lowest BCUT2D eigenvalue weighted by molar-refractivity contribution is -0.140. The van der Waals surface area contributed by atoms with E-state index in [-0.39, 0.29) is 12.0 Å². The van der Waals surface area contributed by atoms with Gasteiger partial charge in [0.2, 0.25) is 5.91 Å². The number of carbonyl (C=O) groups excluding carboxylic acids is 1. The predicted octanol–water partition coefficient (Wildman–Crippen LogP) is 1.78. The van der Waals surface area contributed by atoms with Gasteiger partial charge in [0.1, 0.15) is 0 Å². The van der Waals surface area contributed by atoms with Crippen LogP contribution in [0.2, 0.25) is 0 Å². The number of hydrogen-bond donors (Lipinski definition) is 1. The molecule has 0 radical (unpaired) electrons. The standard InChI is InChI=1S/C15H28N2O2/c1-2-19-14-4-3-9-17(11-14)15(18)13-7-5-12(10-16)6-8-13/h12-14H,2-11,16H2,1H3. The Kier molecular flexibility index (Phi) is 5.64. The number of nitrogens with zero attached hydrogens (tertiary/aromatic N) is 1. The molecule has 1 aliphatic heterocycles. The Hall–Kier alpha value is -0.610. The fourth-order valence-electron chi connectivity index (χ4n) is 3.41. The smallest absolute Gasteiger partial charge is 0.225 e. The zero-order valence-electron chi connectivity index (χ0n) is 12.1. The summed E-state index contributed by atoms with van der Waals surface area (Å²) in [5.74, 6) is 1.24. The molecule has 19 heavy (non-hydrogen) atoms. The second-order valence-electron chi connectivity index (χ2n) is 5.96.